The first-order valence-corrected chi connectivity index (χ1v) is 19.5. The van der Waals surface area contributed by atoms with E-state index >= 15 is 0 Å². The predicted octanol–water partition coefficient (Wildman–Crippen LogP) is 6.68. The Kier molecular flexibility index (Phi) is 9.28. The minimum atomic E-state index is -3.44. The van der Waals surface area contributed by atoms with E-state index in [0.717, 1.165) is 68.1 Å². The van der Waals surface area contributed by atoms with Gasteiger partial charge in [-0.1, -0.05) is 43.7 Å². The first-order valence-electron chi connectivity index (χ1n) is 17.4. The smallest absolute Gasteiger partial charge is 0.327 e. The van der Waals surface area contributed by atoms with E-state index in [0.29, 0.717) is 36.3 Å². The van der Waals surface area contributed by atoms with Gasteiger partial charge in [0.15, 0.2) is 0 Å². The molecule has 2 bridgehead atoms. The molecule has 5 aliphatic rings. The SMILES string of the molecule is CO[C@H]1/C=C/C[C@H](C)CS(=O)(NC(=O)N[C@H]2C[C@@H]2C)=NC(=O)c2ccc3c(c2)N(C[C@@H]2CC[C@H]21)C[C@@]1(CCCc2cc(Cl)ccc21)CO3. The summed E-state index contributed by atoms with van der Waals surface area (Å²) in [5, 5.41) is 3.62. The molecule has 258 valence electrons. The van der Waals surface area contributed by atoms with Gasteiger partial charge in [-0.05, 0) is 110 Å². The number of anilines is 1. The number of nitrogens with zero attached hydrogens (tertiary/aromatic N) is 2. The van der Waals surface area contributed by atoms with Gasteiger partial charge in [0.05, 0.1) is 24.2 Å². The highest BCUT2D eigenvalue weighted by Crippen LogP contribution is 2.47. The molecule has 7 rings (SSSR count). The molecule has 0 saturated heterocycles. The molecule has 48 heavy (non-hydrogen) atoms. The molecule has 2 aromatic rings. The third-order valence-corrected chi connectivity index (χ3v) is 13.4. The summed E-state index contributed by atoms with van der Waals surface area (Å²) in [4.78, 5) is 29.2. The largest absolute Gasteiger partial charge is 0.490 e. The van der Waals surface area contributed by atoms with E-state index < -0.39 is 21.9 Å². The van der Waals surface area contributed by atoms with Gasteiger partial charge in [-0.2, -0.15) is 0 Å². The van der Waals surface area contributed by atoms with Crippen LogP contribution in [0.5, 0.6) is 5.75 Å². The summed E-state index contributed by atoms with van der Waals surface area (Å²) in [6.45, 7) is 6.06. The highest BCUT2D eigenvalue weighted by molar-refractivity contribution is 7.92. The summed E-state index contributed by atoms with van der Waals surface area (Å²) < 4.78 is 33.8. The van der Waals surface area contributed by atoms with Crippen molar-refractivity contribution in [1.82, 2.24) is 10.0 Å². The number of benzene rings is 2. The van der Waals surface area contributed by atoms with Crippen LogP contribution in [0.1, 0.15) is 73.9 Å². The molecule has 2 fully saturated rings. The van der Waals surface area contributed by atoms with Crippen molar-refractivity contribution < 1.29 is 23.3 Å². The van der Waals surface area contributed by atoms with E-state index in [1.807, 2.05) is 32.0 Å². The van der Waals surface area contributed by atoms with Crippen LogP contribution in [0.25, 0.3) is 0 Å². The van der Waals surface area contributed by atoms with Crippen LogP contribution < -0.4 is 19.7 Å². The Morgan fingerprint density at radius 2 is 2.02 bits per heavy atom. The number of fused-ring (bicyclic) bond motifs is 4. The number of hydrogen-bond donors (Lipinski definition) is 2. The number of carbonyl (C=O) groups excluding carboxylic acids is 2. The molecule has 0 aromatic heterocycles. The van der Waals surface area contributed by atoms with Gasteiger partial charge >= 0.3 is 6.03 Å². The average Bonchev–Trinajstić information content (AvgIpc) is 3.75. The normalized spacial score (nSPS) is 35.1. The molecule has 2 aliphatic heterocycles. The lowest BCUT2D eigenvalue weighted by atomic mass is 9.68. The van der Waals surface area contributed by atoms with E-state index in [2.05, 4.69) is 43.6 Å². The van der Waals surface area contributed by atoms with Crippen LogP contribution in [0, 0.1) is 23.7 Å². The number of allylic oxidation sites excluding steroid dienone is 1. The van der Waals surface area contributed by atoms with Gasteiger partial charge in [-0.25, -0.2) is 9.00 Å². The van der Waals surface area contributed by atoms with Crippen LogP contribution in [0.2, 0.25) is 5.02 Å². The third kappa shape index (κ3) is 6.85. The Morgan fingerprint density at radius 1 is 1.19 bits per heavy atom. The topological polar surface area (TPSA) is 109 Å². The van der Waals surface area contributed by atoms with Gasteiger partial charge in [0.25, 0.3) is 5.91 Å². The summed E-state index contributed by atoms with van der Waals surface area (Å²) in [5.41, 5.74) is 3.47. The number of nitrogens with one attached hydrogen (secondary N) is 2. The lowest BCUT2D eigenvalue weighted by molar-refractivity contribution is 0.0131. The quantitative estimate of drug-likeness (QED) is 0.347. The monoisotopic (exact) mass is 694 g/mol. The van der Waals surface area contributed by atoms with Gasteiger partial charge < -0.3 is 19.7 Å². The van der Waals surface area contributed by atoms with E-state index in [9.17, 15) is 13.8 Å². The molecule has 11 heteroatoms. The molecule has 9 nitrogen and oxygen atoms in total. The molecular formula is C37H47ClN4O5S. The molecule has 8 atom stereocenters. The van der Waals surface area contributed by atoms with Crippen molar-refractivity contribution in [3.8, 4) is 5.75 Å². The maximum absolute atomic E-state index is 14.3. The van der Waals surface area contributed by atoms with Crippen LogP contribution in [-0.4, -0.2) is 60.9 Å². The fraction of sp³-hybridized carbons (Fsp3) is 0.568. The maximum atomic E-state index is 14.3. The third-order valence-electron chi connectivity index (χ3n) is 11.2. The number of amides is 3. The van der Waals surface area contributed by atoms with Gasteiger partial charge in [-0.15, -0.1) is 4.36 Å². The number of methoxy groups -OCH3 is 1. The van der Waals surface area contributed by atoms with Crippen molar-refractivity contribution in [3.63, 3.8) is 0 Å². The van der Waals surface area contributed by atoms with E-state index in [4.69, 9.17) is 21.1 Å². The Bertz CT molecular complexity index is 1740. The number of aryl methyl sites for hydroxylation is 1. The zero-order valence-corrected chi connectivity index (χ0v) is 29.7. The Morgan fingerprint density at radius 3 is 2.77 bits per heavy atom. The predicted molar refractivity (Wildman–Crippen MR) is 189 cm³/mol. The van der Waals surface area contributed by atoms with Crippen LogP contribution in [-0.2, 0) is 26.5 Å². The van der Waals surface area contributed by atoms with Crippen molar-refractivity contribution in [2.75, 3.05) is 37.5 Å². The maximum Gasteiger partial charge on any atom is 0.327 e. The Balaban J connectivity index is 1.28. The van der Waals surface area contributed by atoms with Crippen LogP contribution in [0.15, 0.2) is 52.9 Å². The van der Waals surface area contributed by atoms with Gasteiger partial charge in [0.1, 0.15) is 15.7 Å². The first kappa shape index (κ1) is 33.4. The van der Waals surface area contributed by atoms with Crippen molar-refractivity contribution in [1.29, 1.82) is 0 Å². The van der Waals surface area contributed by atoms with Crippen molar-refractivity contribution in [3.05, 3.63) is 70.3 Å². The number of carbonyl (C=O) groups is 2. The number of hydrogen-bond acceptors (Lipinski definition) is 6. The Hall–Kier alpha value is -3.08. The summed E-state index contributed by atoms with van der Waals surface area (Å²) in [5.74, 6) is 1.18. The second-order valence-corrected chi connectivity index (χ2v) is 17.3. The molecule has 2 heterocycles. The summed E-state index contributed by atoms with van der Waals surface area (Å²) >= 11 is 6.44. The molecule has 3 aliphatic carbocycles. The zero-order valence-electron chi connectivity index (χ0n) is 28.1. The summed E-state index contributed by atoms with van der Waals surface area (Å²) in [7, 11) is -1.66. The molecule has 1 spiro atoms. The number of halogens is 1. The first-order chi connectivity index (χ1) is 23.0. The zero-order chi connectivity index (χ0) is 33.6. The van der Waals surface area contributed by atoms with Gasteiger partial charge in [0.2, 0.25) is 0 Å². The molecule has 3 amide bonds. The minimum absolute atomic E-state index is 0.0375. The molecular weight excluding hydrogens is 648 g/mol. The second-order valence-electron chi connectivity index (χ2n) is 14.9. The van der Waals surface area contributed by atoms with Crippen LogP contribution in [0.3, 0.4) is 0 Å². The molecule has 1 unspecified atom stereocenters. The van der Waals surface area contributed by atoms with E-state index in [-0.39, 0.29) is 29.2 Å². The van der Waals surface area contributed by atoms with Crippen LogP contribution in [0.4, 0.5) is 10.5 Å². The number of rotatable bonds is 3. The average molecular weight is 695 g/mol. The van der Waals surface area contributed by atoms with E-state index in [1.54, 1.807) is 13.2 Å². The van der Waals surface area contributed by atoms with Crippen LogP contribution >= 0.6 is 11.6 Å². The minimum Gasteiger partial charge on any atom is -0.490 e. The molecule has 2 N–H and O–H groups in total. The molecule has 2 saturated carbocycles. The second kappa shape index (κ2) is 13.3. The van der Waals surface area contributed by atoms with Gasteiger partial charge in [0, 0.05) is 42.2 Å². The number of urea groups is 1. The standard InChI is InChI=1S/C37H47ClN4O5S/c1-23-6-4-8-33(46-3)29-12-9-27(29)19-42-21-37(15-5-7-25-17-28(38)11-13-30(25)37)22-47-34-14-10-26(18-32(34)42)35(43)40-48(45,20-23)41-36(44)39-31-16-24(31)2/h4,8,10-11,13-14,17-18,23-24,27,29,31,33H,5-7,9,12,15-16,19-22H2,1-3H3,(H2,39,40,41,43,44,45)/b8-4+/t23-,24-,27-,29+,31-,33-,37-,48?/m0/s1. The lowest BCUT2D eigenvalue weighted by Gasteiger charge is -2.46. The van der Waals surface area contributed by atoms with E-state index in [1.165, 1.54) is 11.1 Å². The highest BCUT2D eigenvalue weighted by atomic mass is 35.5. The summed E-state index contributed by atoms with van der Waals surface area (Å²) in [6.07, 6.45) is 10.9. The lowest BCUT2D eigenvalue weighted by Crippen LogP contribution is -2.49. The Labute approximate surface area is 289 Å². The highest BCUT2D eigenvalue weighted by Gasteiger charge is 2.44. The van der Waals surface area contributed by atoms with Crippen molar-refractivity contribution >= 4 is 39.1 Å². The fourth-order valence-electron chi connectivity index (χ4n) is 8.23. The number of ether oxygens (including phenoxy) is 2. The van der Waals surface area contributed by atoms with Crippen molar-refractivity contribution in [2.45, 2.75) is 76.4 Å². The molecule has 0 radical (unpaired) electrons. The molecule has 2 aromatic carbocycles. The van der Waals surface area contributed by atoms with Crippen molar-refractivity contribution in [2.24, 2.45) is 28.0 Å². The summed E-state index contributed by atoms with van der Waals surface area (Å²) in [6, 6.07) is 11.1. The van der Waals surface area contributed by atoms with Gasteiger partial charge in [-0.3, -0.25) is 9.52 Å². The fourth-order valence-corrected chi connectivity index (χ4v) is 10.3.